The van der Waals surface area contributed by atoms with Crippen LogP contribution in [0.4, 0.5) is 5.82 Å². The number of fused-ring (bicyclic) bond motifs is 2. The van der Waals surface area contributed by atoms with Gasteiger partial charge in [-0.25, -0.2) is 9.97 Å². The van der Waals surface area contributed by atoms with Gasteiger partial charge in [0.2, 0.25) is 5.28 Å². The van der Waals surface area contributed by atoms with E-state index in [2.05, 4.69) is 50.0 Å². The van der Waals surface area contributed by atoms with Crippen molar-refractivity contribution in [2.75, 3.05) is 18.0 Å². The number of aromatic nitrogens is 2. The summed E-state index contributed by atoms with van der Waals surface area (Å²) < 4.78 is 0. The lowest BCUT2D eigenvalue weighted by Crippen LogP contribution is -2.36. The molecule has 1 aromatic heterocycles. The topological polar surface area (TPSA) is 32.3 Å². The maximum atomic E-state index is 6.33. The Labute approximate surface area is 171 Å². The first kappa shape index (κ1) is 18.0. The van der Waals surface area contributed by atoms with Gasteiger partial charge in [0.15, 0.2) is 0 Å². The second-order valence-electron chi connectivity index (χ2n) is 8.26. The van der Waals surface area contributed by atoms with Crippen LogP contribution in [-0.2, 0) is 19.5 Å². The Bertz CT molecular complexity index is 935. The van der Waals surface area contributed by atoms with Gasteiger partial charge >= 0.3 is 0 Å². The number of rotatable bonds is 3. The molecular weight excluding hydrogens is 368 g/mol. The van der Waals surface area contributed by atoms with Crippen LogP contribution in [0.15, 0.2) is 24.3 Å². The lowest BCUT2D eigenvalue weighted by molar-refractivity contribution is 0.199. The predicted octanol–water partition coefficient (Wildman–Crippen LogP) is 4.37. The summed E-state index contributed by atoms with van der Waals surface area (Å²) in [6.45, 7) is 3.74. The molecular formula is C23H25ClN4. The van der Waals surface area contributed by atoms with E-state index >= 15 is 0 Å². The van der Waals surface area contributed by atoms with Crippen molar-refractivity contribution in [2.24, 2.45) is 5.92 Å². The Morgan fingerprint density at radius 1 is 1.18 bits per heavy atom. The molecule has 1 aromatic carbocycles. The van der Waals surface area contributed by atoms with E-state index in [0.29, 0.717) is 17.2 Å². The van der Waals surface area contributed by atoms with Crippen molar-refractivity contribution in [3.05, 3.63) is 51.9 Å². The highest BCUT2D eigenvalue weighted by molar-refractivity contribution is 6.28. The van der Waals surface area contributed by atoms with Gasteiger partial charge in [-0.1, -0.05) is 24.3 Å². The van der Waals surface area contributed by atoms with Crippen molar-refractivity contribution in [2.45, 2.75) is 51.2 Å². The number of halogens is 1. The Morgan fingerprint density at radius 2 is 2.07 bits per heavy atom. The lowest BCUT2D eigenvalue weighted by Gasteiger charge is -2.34. The summed E-state index contributed by atoms with van der Waals surface area (Å²) >= 11 is 6.33. The minimum atomic E-state index is 0.362. The fourth-order valence-electron chi connectivity index (χ4n) is 5.22. The number of nitrogens with zero attached hydrogens (tertiary/aromatic N) is 4. The van der Waals surface area contributed by atoms with Crippen LogP contribution in [0.1, 0.15) is 54.1 Å². The van der Waals surface area contributed by atoms with Crippen molar-refractivity contribution in [1.29, 1.82) is 0 Å². The number of aryl methyl sites for hydroxylation is 1. The summed E-state index contributed by atoms with van der Waals surface area (Å²) in [6, 6.07) is 9.31. The molecule has 5 rings (SSSR count). The number of piperidine rings is 1. The van der Waals surface area contributed by atoms with Crippen molar-refractivity contribution in [1.82, 2.24) is 14.9 Å². The standard InChI is InChI=1S/C23H25ClN4/c1-2-6-16-7-5-12-27(13-16)22-19-14-28(15-20(19)25-23(24)26-22)21-11-10-17-8-3-4-9-18(17)21/h1,3-4,8-9,16,21H,5-7,10-15H2/t16-,21?/m1/s1. The first-order valence-corrected chi connectivity index (χ1v) is 10.7. The lowest BCUT2D eigenvalue weighted by atomic mass is 9.95. The van der Waals surface area contributed by atoms with Gasteiger partial charge < -0.3 is 4.90 Å². The van der Waals surface area contributed by atoms with E-state index in [4.69, 9.17) is 18.0 Å². The molecule has 1 unspecified atom stereocenters. The summed E-state index contributed by atoms with van der Waals surface area (Å²) in [6.07, 6.45) is 11.1. The highest BCUT2D eigenvalue weighted by Crippen LogP contribution is 2.42. The van der Waals surface area contributed by atoms with E-state index in [1.54, 1.807) is 0 Å². The molecule has 28 heavy (non-hydrogen) atoms. The average molecular weight is 393 g/mol. The number of benzene rings is 1. The summed E-state index contributed by atoms with van der Waals surface area (Å²) in [5.41, 5.74) is 5.32. The molecule has 5 heteroatoms. The van der Waals surface area contributed by atoms with E-state index in [1.165, 1.54) is 29.5 Å². The molecule has 0 radical (unpaired) electrons. The Balaban J connectivity index is 1.42. The maximum Gasteiger partial charge on any atom is 0.224 e. The van der Waals surface area contributed by atoms with Gasteiger partial charge in [0, 0.05) is 44.2 Å². The van der Waals surface area contributed by atoms with Crippen molar-refractivity contribution >= 4 is 17.4 Å². The first-order chi connectivity index (χ1) is 13.7. The molecule has 3 aliphatic rings. The molecule has 0 bridgehead atoms. The smallest absolute Gasteiger partial charge is 0.224 e. The maximum absolute atomic E-state index is 6.33. The van der Waals surface area contributed by atoms with Crippen LogP contribution in [0, 0.1) is 18.3 Å². The van der Waals surface area contributed by atoms with Gasteiger partial charge in [-0.15, -0.1) is 12.3 Å². The molecule has 144 valence electrons. The Kier molecular flexibility index (Phi) is 4.74. The third-order valence-electron chi connectivity index (χ3n) is 6.52. The van der Waals surface area contributed by atoms with Gasteiger partial charge in [-0.05, 0) is 54.3 Å². The number of hydrogen-bond acceptors (Lipinski definition) is 4. The largest absolute Gasteiger partial charge is 0.356 e. The average Bonchev–Trinajstić information content (AvgIpc) is 3.31. The van der Waals surface area contributed by atoms with Gasteiger partial charge in [-0.2, -0.15) is 0 Å². The Morgan fingerprint density at radius 3 is 2.96 bits per heavy atom. The molecule has 0 spiro atoms. The zero-order chi connectivity index (χ0) is 19.1. The quantitative estimate of drug-likeness (QED) is 0.573. The van der Waals surface area contributed by atoms with E-state index in [1.807, 2.05) is 0 Å². The molecule has 0 saturated carbocycles. The van der Waals surface area contributed by atoms with Crippen LogP contribution in [-0.4, -0.2) is 28.0 Å². The summed E-state index contributed by atoms with van der Waals surface area (Å²) in [7, 11) is 0. The van der Waals surface area contributed by atoms with Crippen LogP contribution in [0.25, 0.3) is 0 Å². The SMILES string of the molecule is C#CC[C@@H]1CCCN(c2nc(Cl)nc3c2CN(C2CCc4ccccc42)C3)C1. The molecule has 0 amide bonds. The minimum absolute atomic E-state index is 0.362. The fraction of sp³-hybridized carbons (Fsp3) is 0.478. The third kappa shape index (κ3) is 3.17. The summed E-state index contributed by atoms with van der Waals surface area (Å²) in [5.74, 6) is 4.41. The minimum Gasteiger partial charge on any atom is -0.356 e. The van der Waals surface area contributed by atoms with Gasteiger partial charge in [0.05, 0.1) is 5.69 Å². The van der Waals surface area contributed by atoms with Crippen LogP contribution >= 0.6 is 11.6 Å². The normalized spacial score (nSPS) is 24.1. The zero-order valence-corrected chi connectivity index (χ0v) is 16.8. The highest BCUT2D eigenvalue weighted by atomic mass is 35.5. The molecule has 1 fully saturated rings. The van der Waals surface area contributed by atoms with Crippen molar-refractivity contribution in [3.63, 3.8) is 0 Å². The molecule has 1 aliphatic carbocycles. The second-order valence-corrected chi connectivity index (χ2v) is 8.60. The second kappa shape index (κ2) is 7.39. The summed E-state index contributed by atoms with van der Waals surface area (Å²) in [5, 5.41) is 0.362. The molecule has 4 nitrogen and oxygen atoms in total. The monoisotopic (exact) mass is 392 g/mol. The molecule has 2 atom stereocenters. The molecule has 2 aliphatic heterocycles. The van der Waals surface area contributed by atoms with Crippen molar-refractivity contribution < 1.29 is 0 Å². The number of anilines is 1. The zero-order valence-electron chi connectivity index (χ0n) is 16.1. The third-order valence-corrected chi connectivity index (χ3v) is 6.69. The first-order valence-electron chi connectivity index (χ1n) is 10.3. The highest BCUT2D eigenvalue weighted by Gasteiger charge is 2.35. The molecule has 0 N–H and O–H groups in total. The predicted molar refractivity (Wildman–Crippen MR) is 112 cm³/mol. The number of terminal acetylenes is 1. The van der Waals surface area contributed by atoms with Crippen LogP contribution in [0.5, 0.6) is 0 Å². The van der Waals surface area contributed by atoms with E-state index < -0.39 is 0 Å². The van der Waals surface area contributed by atoms with Gasteiger partial charge in [0.1, 0.15) is 5.82 Å². The van der Waals surface area contributed by atoms with E-state index in [-0.39, 0.29) is 0 Å². The van der Waals surface area contributed by atoms with Gasteiger partial charge in [0.25, 0.3) is 0 Å². The fourth-order valence-corrected chi connectivity index (χ4v) is 5.40. The van der Waals surface area contributed by atoms with E-state index in [0.717, 1.165) is 57.0 Å². The van der Waals surface area contributed by atoms with Crippen LogP contribution in [0.2, 0.25) is 5.28 Å². The molecule has 1 saturated heterocycles. The van der Waals surface area contributed by atoms with Crippen molar-refractivity contribution in [3.8, 4) is 12.3 Å². The molecule has 3 heterocycles. The number of hydrogen-bond donors (Lipinski definition) is 0. The van der Waals surface area contributed by atoms with Crippen LogP contribution in [0.3, 0.4) is 0 Å². The summed E-state index contributed by atoms with van der Waals surface area (Å²) in [4.78, 5) is 14.2. The van der Waals surface area contributed by atoms with Gasteiger partial charge in [-0.3, -0.25) is 4.90 Å². The molecule has 2 aromatic rings. The van der Waals surface area contributed by atoms with Crippen LogP contribution < -0.4 is 4.90 Å². The van der Waals surface area contributed by atoms with E-state index in [9.17, 15) is 0 Å². The Hall–Kier alpha value is -2.09.